The fourth-order valence-electron chi connectivity index (χ4n) is 3.62. The molecule has 2 rings (SSSR count). The molecule has 0 aromatic heterocycles. The third-order valence-corrected chi connectivity index (χ3v) is 5.73. The van der Waals surface area contributed by atoms with Crippen molar-refractivity contribution in [2.75, 3.05) is 0 Å². The molecule has 1 saturated heterocycles. The summed E-state index contributed by atoms with van der Waals surface area (Å²) >= 11 is 8.09. The van der Waals surface area contributed by atoms with Crippen LogP contribution in [0.5, 0.6) is 0 Å². The van der Waals surface area contributed by atoms with Crippen LogP contribution >= 0.6 is 34.8 Å². The van der Waals surface area contributed by atoms with Crippen molar-refractivity contribution >= 4 is 47.6 Å². The van der Waals surface area contributed by atoms with Crippen molar-refractivity contribution in [3.05, 3.63) is 0 Å². The minimum atomic E-state index is -0.0202. The number of likely N-dealkylation sites (tertiary alicyclic amines) is 1. The van der Waals surface area contributed by atoms with E-state index in [2.05, 4.69) is 41.3 Å². The standard InChI is InChI=1S/C14H23BINS/c1-10(2)17-12-6-4-3-5-7-14(15,16)9-11(12)8-13(17)18/h10-12H,3-9H2,1-2H3. The lowest BCUT2D eigenvalue weighted by Gasteiger charge is -2.34. The lowest BCUT2D eigenvalue weighted by Crippen LogP contribution is -2.40. The highest BCUT2D eigenvalue weighted by Gasteiger charge is 2.41. The van der Waals surface area contributed by atoms with Gasteiger partial charge in [0, 0.05) is 18.5 Å². The van der Waals surface area contributed by atoms with Gasteiger partial charge in [-0.05, 0) is 42.3 Å². The lowest BCUT2D eigenvalue weighted by molar-refractivity contribution is 0.217. The first-order valence-corrected chi connectivity index (χ1v) is 8.68. The molecule has 1 aliphatic carbocycles. The highest BCUT2D eigenvalue weighted by molar-refractivity contribution is 14.1. The maximum absolute atomic E-state index is 6.46. The minimum Gasteiger partial charge on any atom is -0.360 e. The summed E-state index contributed by atoms with van der Waals surface area (Å²) in [6.07, 6.45) is 8.61. The second kappa shape index (κ2) is 5.98. The number of fused-ring (bicyclic) bond motifs is 1. The Bertz CT molecular complexity index is 319. The van der Waals surface area contributed by atoms with E-state index in [-0.39, 0.29) is 3.32 Å². The van der Waals surface area contributed by atoms with E-state index in [1.807, 2.05) is 0 Å². The number of hydrogen-bond acceptors (Lipinski definition) is 1. The molecule has 4 heteroatoms. The average Bonchev–Trinajstić information content (AvgIpc) is 2.54. The van der Waals surface area contributed by atoms with Gasteiger partial charge in [-0.1, -0.05) is 54.1 Å². The fourth-order valence-corrected chi connectivity index (χ4v) is 5.13. The molecular weight excluding hydrogens is 352 g/mol. The summed E-state index contributed by atoms with van der Waals surface area (Å²) in [6, 6.07) is 1.18. The molecular formula is C14H23BINS. The van der Waals surface area contributed by atoms with Crippen LogP contribution in [0.2, 0.25) is 0 Å². The van der Waals surface area contributed by atoms with Crippen LogP contribution in [-0.4, -0.2) is 33.1 Å². The van der Waals surface area contributed by atoms with E-state index in [9.17, 15) is 0 Å². The van der Waals surface area contributed by atoms with E-state index in [4.69, 9.17) is 20.1 Å². The molecule has 2 aliphatic rings. The number of alkyl halides is 1. The summed E-state index contributed by atoms with van der Waals surface area (Å²) in [5, 5.41) is 0. The Morgan fingerprint density at radius 2 is 2.11 bits per heavy atom. The topological polar surface area (TPSA) is 3.24 Å². The number of hydrogen-bond donors (Lipinski definition) is 0. The molecule has 1 heterocycles. The Kier molecular flexibility index (Phi) is 5.01. The van der Waals surface area contributed by atoms with Crippen LogP contribution in [-0.2, 0) is 0 Å². The van der Waals surface area contributed by atoms with E-state index in [0.717, 1.165) is 19.3 Å². The van der Waals surface area contributed by atoms with E-state index >= 15 is 0 Å². The molecule has 3 atom stereocenters. The van der Waals surface area contributed by atoms with Gasteiger partial charge in [-0.2, -0.15) is 0 Å². The minimum absolute atomic E-state index is 0.0202. The molecule has 0 N–H and O–H groups in total. The van der Waals surface area contributed by atoms with Gasteiger partial charge in [-0.25, -0.2) is 0 Å². The molecule has 2 fully saturated rings. The molecule has 18 heavy (non-hydrogen) atoms. The van der Waals surface area contributed by atoms with Crippen molar-refractivity contribution in [2.45, 2.75) is 74.2 Å². The zero-order valence-electron chi connectivity index (χ0n) is 11.5. The van der Waals surface area contributed by atoms with Gasteiger partial charge in [-0.15, -0.1) is 0 Å². The fraction of sp³-hybridized carbons (Fsp3) is 0.929. The van der Waals surface area contributed by atoms with Gasteiger partial charge in [0.1, 0.15) is 0 Å². The summed E-state index contributed by atoms with van der Waals surface area (Å²) in [7, 11) is 6.46. The quantitative estimate of drug-likeness (QED) is 0.294. The van der Waals surface area contributed by atoms with Crippen LogP contribution in [0.1, 0.15) is 58.8 Å². The smallest absolute Gasteiger partial charge is 0.0889 e. The normalized spacial score (nSPS) is 38.2. The van der Waals surface area contributed by atoms with Gasteiger partial charge in [-0.3, -0.25) is 0 Å². The summed E-state index contributed by atoms with van der Waals surface area (Å²) < 4.78 is -0.0202. The third kappa shape index (κ3) is 3.41. The van der Waals surface area contributed by atoms with Crippen molar-refractivity contribution in [1.82, 2.24) is 4.90 Å². The second-order valence-corrected chi connectivity index (χ2v) is 8.88. The Hall–Kier alpha value is 0.685. The SMILES string of the molecule is [B]C1(I)CCCCCC2C(CC(=S)N2C(C)C)C1. The van der Waals surface area contributed by atoms with Crippen LogP contribution in [0.15, 0.2) is 0 Å². The van der Waals surface area contributed by atoms with E-state index in [1.54, 1.807) is 0 Å². The molecule has 1 nitrogen and oxygen atoms in total. The zero-order valence-corrected chi connectivity index (χ0v) is 14.5. The molecule has 0 spiro atoms. The Balaban J connectivity index is 2.17. The van der Waals surface area contributed by atoms with E-state index in [1.165, 1.54) is 30.7 Å². The van der Waals surface area contributed by atoms with Gasteiger partial charge >= 0.3 is 0 Å². The van der Waals surface area contributed by atoms with Crippen LogP contribution in [0.3, 0.4) is 0 Å². The second-order valence-electron chi connectivity index (χ2n) is 6.26. The van der Waals surface area contributed by atoms with Crippen molar-refractivity contribution in [1.29, 1.82) is 0 Å². The number of rotatable bonds is 1. The predicted octanol–water partition coefficient (Wildman–Crippen LogP) is 4.07. The molecule has 1 saturated carbocycles. The molecule has 0 bridgehead atoms. The number of halogens is 1. The van der Waals surface area contributed by atoms with Gasteiger partial charge in [0.25, 0.3) is 0 Å². The van der Waals surface area contributed by atoms with Gasteiger partial charge in [0.2, 0.25) is 0 Å². The monoisotopic (exact) mass is 375 g/mol. The van der Waals surface area contributed by atoms with Gasteiger partial charge in [0.15, 0.2) is 0 Å². The van der Waals surface area contributed by atoms with E-state index in [0.29, 0.717) is 18.0 Å². The Morgan fingerprint density at radius 3 is 2.78 bits per heavy atom. The molecule has 0 amide bonds. The van der Waals surface area contributed by atoms with E-state index < -0.39 is 0 Å². The molecule has 3 unspecified atom stereocenters. The van der Waals surface area contributed by atoms with Crippen LogP contribution in [0.4, 0.5) is 0 Å². The first kappa shape index (κ1) is 15.1. The van der Waals surface area contributed by atoms with Crippen LogP contribution in [0, 0.1) is 5.92 Å². The van der Waals surface area contributed by atoms with Crippen molar-refractivity contribution in [2.24, 2.45) is 5.92 Å². The highest BCUT2D eigenvalue weighted by atomic mass is 127. The predicted molar refractivity (Wildman–Crippen MR) is 91.7 cm³/mol. The van der Waals surface area contributed by atoms with Crippen LogP contribution < -0.4 is 0 Å². The molecule has 1 aliphatic heterocycles. The summed E-state index contributed by atoms with van der Waals surface area (Å²) in [5.74, 6) is 0.680. The maximum atomic E-state index is 6.46. The Labute approximate surface area is 132 Å². The van der Waals surface area contributed by atoms with Gasteiger partial charge in [0.05, 0.1) is 12.8 Å². The third-order valence-electron chi connectivity index (χ3n) is 4.38. The summed E-state index contributed by atoms with van der Waals surface area (Å²) in [6.45, 7) is 4.53. The Morgan fingerprint density at radius 1 is 1.39 bits per heavy atom. The summed E-state index contributed by atoms with van der Waals surface area (Å²) in [4.78, 5) is 3.67. The first-order chi connectivity index (χ1) is 8.41. The number of thiocarbonyl (C=S) groups is 1. The molecule has 0 aromatic carbocycles. The average molecular weight is 375 g/mol. The molecule has 100 valence electrons. The highest BCUT2D eigenvalue weighted by Crippen LogP contribution is 2.41. The number of nitrogens with zero attached hydrogens (tertiary/aromatic N) is 1. The van der Waals surface area contributed by atoms with Crippen molar-refractivity contribution in [3.63, 3.8) is 0 Å². The largest absolute Gasteiger partial charge is 0.360 e. The molecule has 0 aromatic rings. The lowest BCUT2D eigenvalue weighted by atomic mass is 9.75. The summed E-state index contributed by atoms with van der Waals surface area (Å²) in [5.41, 5.74) is 0. The maximum Gasteiger partial charge on any atom is 0.0889 e. The van der Waals surface area contributed by atoms with Crippen LogP contribution in [0.25, 0.3) is 0 Å². The molecule has 2 radical (unpaired) electrons. The van der Waals surface area contributed by atoms with Crippen molar-refractivity contribution in [3.8, 4) is 0 Å². The van der Waals surface area contributed by atoms with Crippen molar-refractivity contribution < 1.29 is 0 Å². The van der Waals surface area contributed by atoms with Gasteiger partial charge < -0.3 is 4.90 Å². The first-order valence-electron chi connectivity index (χ1n) is 7.20. The zero-order chi connectivity index (χ0) is 13.3.